The predicted octanol–water partition coefficient (Wildman–Crippen LogP) is 4.51. The van der Waals surface area contributed by atoms with Gasteiger partial charge in [-0.3, -0.25) is 4.90 Å². The van der Waals surface area contributed by atoms with Gasteiger partial charge in [0.25, 0.3) is 5.78 Å². The highest BCUT2D eigenvalue weighted by Gasteiger charge is 2.51. The molecule has 9 nitrogen and oxygen atoms in total. The SMILES string of the molecule is C[C@@H]1CN(c2nc3nncn3c3c2ncn3CCN(C)C)[C@@H](C)CN1C(c1ccc(Cl)c(F)c1)C1CC(F)(F)C1. The van der Waals surface area contributed by atoms with Crippen molar-refractivity contribution in [1.82, 2.24) is 38.9 Å². The van der Waals surface area contributed by atoms with Gasteiger partial charge in [0.05, 0.1) is 11.3 Å². The molecule has 0 amide bonds. The fourth-order valence-corrected chi connectivity index (χ4v) is 6.37. The molecular weight excluding hydrogens is 543 g/mol. The molecular formula is C27H33ClF3N9. The van der Waals surface area contributed by atoms with Gasteiger partial charge in [-0.2, -0.15) is 4.98 Å². The predicted molar refractivity (Wildman–Crippen MR) is 147 cm³/mol. The second kappa shape index (κ2) is 10.1. The van der Waals surface area contributed by atoms with Crippen LogP contribution in [0.5, 0.6) is 0 Å². The molecule has 4 aromatic rings. The van der Waals surface area contributed by atoms with Crippen molar-refractivity contribution in [3.8, 4) is 0 Å². The van der Waals surface area contributed by atoms with Crippen LogP contribution in [0.25, 0.3) is 16.9 Å². The quantitative estimate of drug-likeness (QED) is 0.321. The van der Waals surface area contributed by atoms with Gasteiger partial charge in [-0.15, -0.1) is 10.2 Å². The van der Waals surface area contributed by atoms with E-state index in [9.17, 15) is 13.2 Å². The zero-order chi connectivity index (χ0) is 28.3. The summed E-state index contributed by atoms with van der Waals surface area (Å²) >= 11 is 5.96. The van der Waals surface area contributed by atoms with E-state index in [1.807, 2.05) is 24.8 Å². The molecule has 0 radical (unpaired) electrons. The van der Waals surface area contributed by atoms with Crippen LogP contribution < -0.4 is 4.90 Å². The molecule has 1 saturated heterocycles. The minimum Gasteiger partial charge on any atom is -0.349 e. The molecule has 0 bridgehead atoms. The summed E-state index contributed by atoms with van der Waals surface area (Å²) in [5, 5.41) is 8.35. The van der Waals surface area contributed by atoms with Crippen LogP contribution in [0.4, 0.5) is 19.0 Å². The Labute approximate surface area is 235 Å². The lowest BCUT2D eigenvalue weighted by Gasteiger charge is -2.52. The Morgan fingerprint density at radius 2 is 1.90 bits per heavy atom. The van der Waals surface area contributed by atoms with Crippen LogP contribution in [0.15, 0.2) is 30.9 Å². The number of aromatic nitrogens is 6. The van der Waals surface area contributed by atoms with Crippen molar-refractivity contribution in [2.24, 2.45) is 5.92 Å². The van der Waals surface area contributed by atoms with Crippen LogP contribution in [0, 0.1) is 11.7 Å². The molecule has 4 heterocycles. The molecule has 1 aromatic carbocycles. The molecule has 6 rings (SSSR count). The molecule has 1 aliphatic carbocycles. The molecule has 13 heteroatoms. The van der Waals surface area contributed by atoms with Crippen LogP contribution in [-0.2, 0) is 6.54 Å². The van der Waals surface area contributed by atoms with E-state index in [4.69, 9.17) is 21.6 Å². The number of rotatable bonds is 7. The number of imidazole rings is 1. The van der Waals surface area contributed by atoms with E-state index in [1.165, 1.54) is 12.1 Å². The van der Waals surface area contributed by atoms with Gasteiger partial charge in [0, 0.05) is 57.1 Å². The Morgan fingerprint density at radius 3 is 2.60 bits per heavy atom. The summed E-state index contributed by atoms with van der Waals surface area (Å²) < 4.78 is 46.5. The lowest BCUT2D eigenvalue weighted by Crippen LogP contribution is -2.59. The molecule has 0 spiro atoms. The minimum absolute atomic E-state index is 0.0237. The molecule has 0 N–H and O–H groups in total. The third-order valence-electron chi connectivity index (χ3n) is 8.29. The molecule has 1 unspecified atom stereocenters. The first kappa shape index (κ1) is 27.2. The van der Waals surface area contributed by atoms with E-state index >= 15 is 0 Å². The Kier molecular flexibility index (Phi) is 6.90. The lowest BCUT2D eigenvalue weighted by molar-refractivity contribution is -0.137. The maximum atomic E-state index is 14.5. The highest BCUT2D eigenvalue weighted by molar-refractivity contribution is 6.30. The monoisotopic (exact) mass is 575 g/mol. The number of alkyl halides is 2. The molecule has 1 saturated carbocycles. The van der Waals surface area contributed by atoms with Crippen molar-refractivity contribution in [2.45, 2.75) is 57.3 Å². The first-order valence-corrected chi connectivity index (χ1v) is 13.9. The first-order chi connectivity index (χ1) is 19.0. The van der Waals surface area contributed by atoms with Gasteiger partial charge in [0.1, 0.15) is 17.7 Å². The van der Waals surface area contributed by atoms with Gasteiger partial charge in [-0.1, -0.05) is 17.7 Å². The van der Waals surface area contributed by atoms with Gasteiger partial charge < -0.3 is 14.4 Å². The van der Waals surface area contributed by atoms with Crippen LogP contribution in [0.2, 0.25) is 5.02 Å². The summed E-state index contributed by atoms with van der Waals surface area (Å²) in [6, 6.07) is 4.28. The summed E-state index contributed by atoms with van der Waals surface area (Å²) in [5.74, 6) is -2.28. The Morgan fingerprint density at radius 1 is 1.12 bits per heavy atom. The standard InChI is InChI=1S/C27H33ClF3N9/c1-16-13-39(24-22-25(40-15-33-35-26(40)34-24)37(14-32-22)8-7-36(3)4)17(2)12-38(16)23(19-10-27(30,31)11-19)18-5-6-20(28)21(29)9-18/h5-6,9,14-17,19,23H,7-8,10-13H2,1-4H3/t16-,17+,23?/m1/s1. The van der Waals surface area contributed by atoms with Crippen LogP contribution in [0.3, 0.4) is 0 Å². The average molecular weight is 576 g/mol. The number of anilines is 1. The molecule has 1 aliphatic heterocycles. The van der Waals surface area contributed by atoms with Gasteiger partial charge >= 0.3 is 0 Å². The van der Waals surface area contributed by atoms with Crippen LogP contribution in [0.1, 0.15) is 38.3 Å². The average Bonchev–Trinajstić information content (AvgIpc) is 3.52. The highest BCUT2D eigenvalue weighted by atomic mass is 35.5. The molecule has 2 aliphatic rings. The number of piperazine rings is 1. The molecule has 40 heavy (non-hydrogen) atoms. The van der Waals surface area contributed by atoms with E-state index in [1.54, 1.807) is 12.4 Å². The molecule has 2 fully saturated rings. The normalized spacial score (nSPS) is 22.9. The van der Waals surface area contributed by atoms with Crippen molar-refractivity contribution < 1.29 is 13.2 Å². The summed E-state index contributed by atoms with van der Waals surface area (Å²) in [6.07, 6.45) is 3.06. The van der Waals surface area contributed by atoms with E-state index < -0.39 is 11.7 Å². The topological polar surface area (TPSA) is 70.6 Å². The number of nitrogens with zero attached hydrogens (tertiary/aromatic N) is 9. The second-order valence-electron chi connectivity index (χ2n) is 11.5. The number of hydrogen-bond acceptors (Lipinski definition) is 7. The molecule has 214 valence electrons. The summed E-state index contributed by atoms with van der Waals surface area (Å²) in [6.45, 7) is 6.93. The van der Waals surface area contributed by atoms with Gasteiger partial charge in [0.15, 0.2) is 11.5 Å². The number of likely N-dealkylation sites (N-methyl/N-ethyl adjacent to an activating group) is 1. The highest BCUT2D eigenvalue weighted by Crippen LogP contribution is 2.51. The van der Waals surface area contributed by atoms with Crippen molar-refractivity contribution in [1.29, 1.82) is 0 Å². The second-order valence-corrected chi connectivity index (χ2v) is 11.9. The lowest BCUT2D eigenvalue weighted by atomic mass is 9.73. The van der Waals surface area contributed by atoms with Crippen molar-refractivity contribution in [3.63, 3.8) is 0 Å². The van der Waals surface area contributed by atoms with Gasteiger partial charge in [-0.05, 0) is 51.6 Å². The van der Waals surface area contributed by atoms with Crippen LogP contribution in [-0.4, -0.2) is 90.7 Å². The Hall–Kier alpha value is -2.96. The third kappa shape index (κ3) is 4.79. The van der Waals surface area contributed by atoms with E-state index in [0.29, 0.717) is 24.4 Å². The maximum absolute atomic E-state index is 14.5. The summed E-state index contributed by atoms with van der Waals surface area (Å²) in [4.78, 5) is 16.2. The zero-order valence-corrected chi connectivity index (χ0v) is 23.7. The largest absolute Gasteiger partial charge is 0.349 e. The van der Waals surface area contributed by atoms with Gasteiger partial charge in [0.2, 0.25) is 5.92 Å². The third-order valence-corrected chi connectivity index (χ3v) is 8.60. The van der Waals surface area contributed by atoms with Crippen molar-refractivity contribution in [2.75, 3.05) is 38.6 Å². The molecule has 3 aromatic heterocycles. The number of fused-ring (bicyclic) bond motifs is 3. The van der Waals surface area contributed by atoms with E-state index in [0.717, 1.165) is 30.1 Å². The van der Waals surface area contributed by atoms with Crippen LogP contribution >= 0.6 is 11.6 Å². The number of benzene rings is 1. The minimum atomic E-state index is -2.68. The molecule has 3 atom stereocenters. The van der Waals surface area contributed by atoms with E-state index in [2.05, 4.69) is 43.3 Å². The Balaban J connectivity index is 1.34. The zero-order valence-electron chi connectivity index (χ0n) is 23.0. The van der Waals surface area contributed by atoms with Crippen molar-refractivity contribution >= 4 is 34.4 Å². The number of hydrogen-bond donors (Lipinski definition) is 0. The summed E-state index contributed by atoms with van der Waals surface area (Å²) in [7, 11) is 4.05. The van der Waals surface area contributed by atoms with E-state index in [-0.39, 0.29) is 41.9 Å². The maximum Gasteiger partial charge on any atom is 0.258 e. The fourth-order valence-electron chi connectivity index (χ4n) is 6.26. The Bertz CT molecular complexity index is 1530. The summed E-state index contributed by atoms with van der Waals surface area (Å²) in [5.41, 5.74) is 2.31. The first-order valence-electron chi connectivity index (χ1n) is 13.6. The van der Waals surface area contributed by atoms with Crippen molar-refractivity contribution in [3.05, 3.63) is 47.3 Å². The fraction of sp³-hybridized carbons (Fsp3) is 0.556. The number of halogens is 4. The smallest absolute Gasteiger partial charge is 0.258 e. The van der Waals surface area contributed by atoms with Gasteiger partial charge in [-0.25, -0.2) is 22.6 Å².